The molecule has 1 aliphatic heterocycles. The second-order valence-corrected chi connectivity index (χ2v) is 6.61. The number of carbonyl (C=O) groups excluding carboxylic acids is 4. The Bertz CT molecular complexity index is 886. The highest BCUT2D eigenvalue weighted by Gasteiger charge is 2.34. The third-order valence-electron chi connectivity index (χ3n) is 4.51. The number of anilines is 2. The van der Waals surface area contributed by atoms with Crippen molar-refractivity contribution in [3.8, 4) is 0 Å². The van der Waals surface area contributed by atoms with Crippen LogP contribution in [0.5, 0.6) is 0 Å². The van der Waals surface area contributed by atoms with Crippen LogP contribution in [0, 0.1) is 5.92 Å². The molecule has 1 atom stereocenters. The number of amides is 4. The fourth-order valence-corrected chi connectivity index (χ4v) is 3.04. The first-order chi connectivity index (χ1) is 14.0. The summed E-state index contributed by atoms with van der Waals surface area (Å²) >= 11 is 0. The van der Waals surface area contributed by atoms with E-state index in [0.717, 1.165) is 5.69 Å². The lowest BCUT2D eigenvalue weighted by molar-refractivity contribution is -0.136. The Balaban J connectivity index is 1.38. The molecule has 1 aliphatic rings. The van der Waals surface area contributed by atoms with Gasteiger partial charge < -0.3 is 20.9 Å². The van der Waals surface area contributed by atoms with Gasteiger partial charge in [0, 0.05) is 37.4 Å². The number of hydrogen-bond donors (Lipinski definition) is 3. The molecule has 29 heavy (non-hydrogen) atoms. The van der Waals surface area contributed by atoms with Crippen molar-refractivity contribution in [3.05, 3.63) is 60.7 Å². The number of nitrogens with zero attached hydrogens (tertiary/aromatic N) is 1. The van der Waals surface area contributed by atoms with Crippen molar-refractivity contribution < 1.29 is 19.2 Å². The maximum Gasteiger partial charge on any atom is 0.313 e. The third kappa shape index (κ3) is 5.41. The van der Waals surface area contributed by atoms with Crippen molar-refractivity contribution in [2.75, 3.05) is 29.9 Å². The number of carbonyl (C=O) groups is 4. The minimum absolute atomic E-state index is 0.0952. The molecule has 3 rings (SSSR count). The van der Waals surface area contributed by atoms with Gasteiger partial charge in [0.15, 0.2) is 0 Å². The number of nitrogens with one attached hydrogen (secondary N) is 3. The molecule has 2 aromatic carbocycles. The first kappa shape index (κ1) is 20.1. The van der Waals surface area contributed by atoms with Crippen molar-refractivity contribution in [3.63, 3.8) is 0 Å². The molecule has 0 bridgehead atoms. The van der Waals surface area contributed by atoms with Crippen LogP contribution in [0.3, 0.4) is 0 Å². The van der Waals surface area contributed by atoms with Crippen molar-refractivity contribution in [2.45, 2.75) is 6.42 Å². The summed E-state index contributed by atoms with van der Waals surface area (Å²) in [6.45, 7) is 0.593. The van der Waals surface area contributed by atoms with Gasteiger partial charge in [-0.1, -0.05) is 36.4 Å². The molecule has 1 saturated heterocycles. The number of hydrogen-bond acceptors (Lipinski definition) is 4. The van der Waals surface area contributed by atoms with Gasteiger partial charge in [-0.3, -0.25) is 19.2 Å². The second kappa shape index (κ2) is 9.50. The van der Waals surface area contributed by atoms with Gasteiger partial charge in [0.2, 0.25) is 11.8 Å². The quantitative estimate of drug-likeness (QED) is 0.500. The van der Waals surface area contributed by atoms with Crippen molar-refractivity contribution in [1.29, 1.82) is 0 Å². The average molecular weight is 394 g/mol. The van der Waals surface area contributed by atoms with E-state index in [1.54, 1.807) is 35.2 Å². The standard InChI is InChI=1S/C21H22N4O4/c26-18-13-15(14-25(18)17-9-5-2-6-10-17)19(27)22-11-12-23-20(28)21(29)24-16-7-3-1-4-8-16/h1-10,15H,11-14H2,(H,22,27)(H,23,28)(H,24,29). The van der Waals surface area contributed by atoms with Crippen LogP contribution in [0.1, 0.15) is 6.42 Å². The van der Waals surface area contributed by atoms with Crippen LogP contribution in [0.4, 0.5) is 11.4 Å². The summed E-state index contributed by atoms with van der Waals surface area (Å²) in [4.78, 5) is 49.7. The predicted molar refractivity (Wildman–Crippen MR) is 108 cm³/mol. The Kier molecular flexibility index (Phi) is 6.57. The molecule has 2 aromatic rings. The molecule has 3 N–H and O–H groups in total. The fraction of sp³-hybridized carbons (Fsp3) is 0.238. The highest BCUT2D eigenvalue weighted by Crippen LogP contribution is 2.24. The van der Waals surface area contributed by atoms with E-state index in [1.165, 1.54) is 0 Å². The average Bonchev–Trinajstić information content (AvgIpc) is 3.14. The van der Waals surface area contributed by atoms with E-state index in [0.29, 0.717) is 12.2 Å². The Labute approximate surface area is 168 Å². The summed E-state index contributed by atoms with van der Waals surface area (Å²) in [6, 6.07) is 17.8. The Morgan fingerprint density at radius 1 is 0.862 bits per heavy atom. The van der Waals surface area contributed by atoms with Crippen molar-refractivity contribution in [1.82, 2.24) is 10.6 Å². The molecular weight excluding hydrogens is 372 g/mol. The van der Waals surface area contributed by atoms with Crippen LogP contribution in [0.15, 0.2) is 60.7 Å². The van der Waals surface area contributed by atoms with Crippen molar-refractivity contribution >= 4 is 35.0 Å². The topological polar surface area (TPSA) is 108 Å². The smallest absolute Gasteiger partial charge is 0.313 e. The second-order valence-electron chi connectivity index (χ2n) is 6.61. The monoisotopic (exact) mass is 394 g/mol. The maximum absolute atomic E-state index is 12.3. The van der Waals surface area contributed by atoms with Crippen LogP contribution < -0.4 is 20.9 Å². The summed E-state index contributed by atoms with van der Waals surface area (Å²) in [5.41, 5.74) is 1.29. The zero-order chi connectivity index (χ0) is 20.6. The molecule has 0 radical (unpaired) electrons. The van der Waals surface area contributed by atoms with Gasteiger partial charge >= 0.3 is 11.8 Å². The number of para-hydroxylation sites is 2. The molecule has 0 spiro atoms. The summed E-state index contributed by atoms with van der Waals surface area (Å²) < 4.78 is 0. The normalized spacial score (nSPS) is 15.7. The van der Waals surface area contributed by atoms with Gasteiger partial charge in [-0.05, 0) is 24.3 Å². The Hall–Kier alpha value is -3.68. The van der Waals surface area contributed by atoms with Gasteiger partial charge in [-0.2, -0.15) is 0 Å². The summed E-state index contributed by atoms with van der Waals surface area (Å²) in [5, 5.41) is 7.63. The third-order valence-corrected chi connectivity index (χ3v) is 4.51. The molecule has 8 nitrogen and oxygen atoms in total. The van der Waals surface area contributed by atoms with E-state index in [9.17, 15) is 19.2 Å². The molecule has 1 unspecified atom stereocenters. The number of rotatable bonds is 6. The number of benzene rings is 2. The van der Waals surface area contributed by atoms with Gasteiger partial charge in [-0.25, -0.2) is 0 Å². The van der Waals surface area contributed by atoms with Crippen LogP contribution in [-0.2, 0) is 19.2 Å². The van der Waals surface area contributed by atoms with Gasteiger partial charge in [0.25, 0.3) is 0 Å². The van der Waals surface area contributed by atoms with Gasteiger partial charge in [0.1, 0.15) is 0 Å². The molecular formula is C21H22N4O4. The van der Waals surface area contributed by atoms with Crippen LogP contribution >= 0.6 is 0 Å². The van der Waals surface area contributed by atoms with E-state index in [4.69, 9.17) is 0 Å². The Morgan fingerprint density at radius 2 is 1.48 bits per heavy atom. The molecule has 1 heterocycles. The van der Waals surface area contributed by atoms with E-state index in [-0.39, 0.29) is 31.3 Å². The van der Waals surface area contributed by atoms with E-state index in [2.05, 4.69) is 16.0 Å². The van der Waals surface area contributed by atoms with E-state index in [1.807, 2.05) is 30.3 Å². The van der Waals surface area contributed by atoms with E-state index >= 15 is 0 Å². The largest absolute Gasteiger partial charge is 0.354 e. The molecule has 8 heteroatoms. The van der Waals surface area contributed by atoms with Gasteiger partial charge in [0.05, 0.1) is 5.92 Å². The van der Waals surface area contributed by atoms with Crippen LogP contribution in [0.25, 0.3) is 0 Å². The van der Waals surface area contributed by atoms with Crippen LogP contribution in [-0.4, -0.2) is 43.3 Å². The molecule has 0 aromatic heterocycles. The molecule has 0 aliphatic carbocycles. The summed E-state index contributed by atoms with van der Waals surface area (Å²) in [6.07, 6.45) is 0.145. The highest BCUT2D eigenvalue weighted by molar-refractivity contribution is 6.39. The molecule has 0 saturated carbocycles. The maximum atomic E-state index is 12.3. The minimum Gasteiger partial charge on any atom is -0.354 e. The van der Waals surface area contributed by atoms with Crippen LogP contribution in [0.2, 0.25) is 0 Å². The van der Waals surface area contributed by atoms with Crippen molar-refractivity contribution in [2.24, 2.45) is 5.92 Å². The fourth-order valence-electron chi connectivity index (χ4n) is 3.04. The minimum atomic E-state index is -0.783. The molecule has 1 fully saturated rings. The van der Waals surface area contributed by atoms with E-state index < -0.39 is 17.7 Å². The molecule has 150 valence electrons. The zero-order valence-corrected chi connectivity index (χ0v) is 15.8. The zero-order valence-electron chi connectivity index (χ0n) is 15.8. The predicted octanol–water partition coefficient (Wildman–Crippen LogP) is 0.911. The van der Waals surface area contributed by atoms with Gasteiger partial charge in [-0.15, -0.1) is 0 Å². The Morgan fingerprint density at radius 3 is 2.17 bits per heavy atom. The first-order valence-corrected chi connectivity index (χ1v) is 9.32. The first-order valence-electron chi connectivity index (χ1n) is 9.32. The highest BCUT2D eigenvalue weighted by atomic mass is 16.2. The lowest BCUT2D eigenvalue weighted by Crippen LogP contribution is -2.41. The summed E-state index contributed by atoms with van der Waals surface area (Å²) in [7, 11) is 0. The lowest BCUT2D eigenvalue weighted by Gasteiger charge is -2.16. The lowest BCUT2D eigenvalue weighted by atomic mass is 10.1. The SMILES string of the molecule is O=C(NCCNC(=O)C1CC(=O)N(c2ccccc2)C1)C(=O)Nc1ccccc1. The molecule has 4 amide bonds. The summed E-state index contributed by atoms with van der Waals surface area (Å²) in [5.74, 6) is -2.35.